The molecule has 3 N–H and O–H groups in total. The van der Waals surface area contributed by atoms with E-state index in [2.05, 4.69) is 36.6 Å². The van der Waals surface area contributed by atoms with Gasteiger partial charge in [0, 0.05) is 12.5 Å². The zero-order valence-electron chi connectivity index (χ0n) is 9.07. The number of nitrogens with two attached hydrogens (primary N) is 1. The fourth-order valence-corrected chi connectivity index (χ4v) is 2.23. The summed E-state index contributed by atoms with van der Waals surface area (Å²) in [7, 11) is 0. The van der Waals surface area contributed by atoms with Crippen molar-refractivity contribution in [3.8, 4) is 0 Å². The Morgan fingerprint density at radius 1 is 1.47 bits per heavy atom. The van der Waals surface area contributed by atoms with Crippen LogP contribution >= 0.6 is 0 Å². The van der Waals surface area contributed by atoms with Gasteiger partial charge in [-0.1, -0.05) is 24.3 Å². The van der Waals surface area contributed by atoms with E-state index in [0.29, 0.717) is 5.92 Å². The normalized spacial score (nSPS) is 22.9. The van der Waals surface area contributed by atoms with Crippen LogP contribution in [0.2, 0.25) is 0 Å². The molecule has 1 saturated heterocycles. The Kier molecular flexibility index (Phi) is 3.36. The SMILES string of the molecule is Cc1ccccc1C(NN)C1CCOC1. The first-order valence-electron chi connectivity index (χ1n) is 5.42. The van der Waals surface area contributed by atoms with Crippen molar-refractivity contribution < 1.29 is 4.74 Å². The lowest BCUT2D eigenvalue weighted by molar-refractivity contribution is 0.176. The monoisotopic (exact) mass is 206 g/mol. The molecule has 0 aliphatic carbocycles. The standard InChI is InChI=1S/C12H18N2O/c1-9-4-2-3-5-11(9)12(14-13)10-6-7-15-8-10/h2-5,10,12,14H,6-8,13H2,1H3. The second-order valence-electron chi connectivity index (χ2n) is 4.12. The molecule has 1 aromatic carbocycles. The summed E-state index contributed by atoms with van der Waals surface area (Å²) in [6, 6.07) is 8.59. The second-order valence-corrected chi connectivity index (χ2v) is 4.12. The van der Waals surface area contributed by atoms with Gasteiger partial charge in [-0.05, 0) is 24.5 Å². The average Bonchev–Trinajstić information content (AvgIpc) is 2.75. The molecular weight excluding hydrogens is 188 g/mol. The van der Waals surface area contributed by atoms with Gasteiger partial charge in [0.05, 0.1) is 12.6 Å². The number of hydrazine groups is 1. The highest BCUT2D eigenvalue weighted by Gasteiger charge is 2.26. The van der Waals surface area contributed by atoms with Gasteiger partial charge in [0.1, 0.15) is 0 Å². The van der Waals surface area contributed by atoms with Gasteiger partial charge in [0.15, 0.2) is 0 Å². The summed E-state index contributed by atoms with van der Waals surface area (Å²) >= 11 is 0. The van der Waals surface area contributed by atoms with Crippen LogP contribution in [0.15, 0.2) is 24.3 Å². The van der Waals surface area contributed by atoms with Gasteiger partial charge < -0.3 is 4.74 Å². The zero-order valence-corrected chi connectivity index (χ0v) is 9.07. The Labute approximate surface area is 90.6 Å². The molecule has 0 amide bonds. The molecule has 2 atom stereocenters. The summed E-state index contributed by atoms with van der Waals surface area (Å²) in [5.41, 5.74) is 5.49. The molecule has 2 unspecified atom stereocenters. The predicted molar refractivity (Wildman–Crippen MR) is 60.2 cm³/mol. The fourth-order valence-electron chi connectivity index (χ4n) is 2.23. The van der Waals surface area contributed by atoms with Crippen LogP contribution in [-0.4, -0.2) is 13.2 Å². The lowest BCUT2D eigenvalue weighted by Gasteiger charge is -2.23. The Bertz CT molecular complexity index is 321. The third-order valence-corrected chi connectivity index (χ3v) is 3.14. The van der Waals surface area contributed by atoms with Crippen LogP contribution in [-0.2, 0) is 4.74 Å². The Morgan fingerprint density at radius 2 is 2.27 bits per heavy atom. The highest BCUT2D eigenvalue weighted by molar-refractivity contribution is 5.29. The van der Waals surface area contributed by atoms with Crippen LogP contribution in [0, 0.1) is 12.8 Å². The first-order valence-corrected chi connectivity index (χ1v) is 5.42. The van der Waals surface area contributed by atoms with Crippen LogP contribution in [0.3, 0.4) is 0 Å². The predicted octanol–water partition coefficient (Wildman–Crippen LogP) is 1.54. The van der Waals surface area contributed by atoms with Gasteiger partial charge >= 0.3 is 0 Å². The molecular formula is C12H18N2O. The molecule has 0 saturated carbocycles. The lowest BCUT2D eigenvalue weighted by Crippen LogP contribution is -2.34. The Balaban J connectivity index is 2.22. The van der Waals surface area contributed by atoms with E-state index in [1.54, 1.807) is 0 Å². The molecule has 1 aliphatic heterocycles. The maximum absolute atomic E-state index is 5.65. The Hall–Kier alpha value is -0.900. The van der Waals surface area contributed by atoms with Crippen molar-refractivity contribution >= 4 is 0 Å². The summed E-state index contributed by atoms with van der Waals surface area (Å²) in [4.78, 5) is 0. The van der Waals surface area contributed by atoms with Gasteiger partial charge in [-0.15, -0.1) is 0 Å². The molecule has 15 heavy (non-hydrogen) atoms. The summed E-state index contributed by atoms with van der Waals surface area (Å²) in [5, 5.41) is 0. The van der Waals surface area contributed by atoms with Gasteiger partial charge in [0.2, 0.25) is 0 Å². The number of hydrogen-bond acceptors (Lipinski definition) is 3. The second kappa shape index (κ2) is 4.75. The molecule has 0 spiro atoms. The van der Waals surface area contributed by atoms with E-state index in [1.165, 1.54) is 11.1 Å². The van der Waals surface area contributed by atoms with E-state index in [9.17, 15) is 0 Å². The van der Waals surface area contributed by atoms with E-state index in [1.807, 2.05) is 0 Å². The fraction of sp³-hybridized carbons (Fsp3) is 0.500. The first kappa shape index (κ1) is 10.6. The van der Waals surface area contributed by atoms with Crippen LogP contribution in [0.4, 0.5) is 0 Å². The average molecular weight is 206 g/mol. The van der Waals surface area contributed by atoms with Gasteiger partial charge in [-0.2, -0.15) is 0 Å². The third kappa shape index (κ3) is 2.20. The number of rotatable bonds is 3. The number of benzene rings is 1. The smallest absolute Gasteiger partial charge is 0.0513 e. The van der Waals surface area contributed by atoms with Crippen LogP contribution in [0.5, 0.6) is 0 Å². The van der Waals surface area contributed by atoms with Crippen molar-refractivity contribution in [1.82, 2.24) is 5.43 Å². The maximum Gasteiger partial charge on any atom is 0.0513 e. The number of aryl methyl sites for hydroxylation is 1. The van der Waals surface area contributed by atoms with Crippen LogP contribution in [0.1, 0.15) is 23.6 Å². The molecule has 1 aliphatic rings. The van der Waals surface area contributed by atoms with Crippen LogP contribution < -0.4 is 11.3 Å². The van der Waals surface area contributed by atoms with E-state index in [4.69, 9.17) is 10.6 Å². The Morgan fingerprint density at radius 3 is 2.87 bits per heavy atom. The summed E-state index contributed by atoms with van der Waals surface area (Å²) < 4.78 is 5.41. The summed E-state index contributed by atoms with van der Waals surface area (Å²) in [6.07, 6.45) is 1.09. The van der Waals surface area contributed by atoms with Crippen molar-refractivity contribution in [3.63, 3.8) is 0 Å². The molecule has 0 bridgehead atoms. The molecule has 1 fully saturated rings. The minimum absolute atomic E-state index is 0.216. The summed E-state index contributed by atoms with van der Waals surface area (Å²) in [5.74, 6) is 6.14. The quantitative estimate of drug-likeness (QED) is 0.582. The highest BCUT2D eigenvalue weighted by Crippen LogP contribution is 2.29. The van der Waals surface area contributed by atoms with Gasteiger partial charge in [-0.25, -0.2) is 0 Å². The number of nitrogens with one attached hydrogen (secondary N) is 1. The largest absolute Gasteiger partial charge is 0.381 e. The lowest BCUT2D eigenvalue weighted by atomic mass is 9.90. The zero-order chi connectivity index (χ0) is 10.7. The number of hydrogen-bond donors (Lipinski definition) is 2. The van der Waals surface area contributed by atoms with E-state index >= 15 is 0 Å². The van der Waals surface area contributed by atoms with Crippen molar-refractivity contribution in [2.75, 3.05) is 13.2 Å². The minimum Gasteiger partial charge on any atom is -0.381 e. The minimum atomic E-state index is 0.216. The van der Waals surface area contributed by atoms with Crippen molar-refractivity contribution in [3.05, 3.63) is 35.4 Å². The number of ether oxygens (including phenoxy) is 1. The van der Waals surface area contributed by atoms with Crippen molar-refractivity contribution in [1.29, 1.82) is 0 Å². The van der Waals surface area contributed by atoms with E-state index in [0.717, 1.165) is 19.6 Å². The molecule has 0 radical (unpaired) electrons. The third-order valence-electron chi connectivity index (χ3n) is 3.14. The molecule has 3 nitrogen and oxygen atoms in total. The highest BCUT2D eigenvalue weighted by atomic mass is 16.5. The molecule has 2 rings (SSSR count). The van der Waals surface area contributed by atoms with Crippen LogP contribution in [0.25, 0.3) is 0 Å². The van der Waals surface area contributed by atoms with Gasteiger partial charge in [0.25, 0.3) is 0 Å². The molecule has 1 heterocycles. The van der Waals surface area contributed by atoms with E-state index < -0.39 is 0 Å². The van der Waals surface area contributed by atoms with Crippen molar-refractivity contribution in [2.24, 2.45) is 11.8 Å². The molecule has 3 heteroatoms. The maximum atomic E-state index is 5.65. The van der Waals surface area contributed by atoms with Crippen molar-refractivity contribution in [2.45, 2.75) is 19.4 Å². The summed E-state index contributed by atoms with van der Waals surface area (Å²) in [6.45, 7) is 3.79. The molecule has 1 aromatic rings. The first-order chi connectivity index (χ1) is 7.33. The topological polar surface area (TPSA) is 47.3 Å². The molecule has 82 valence electrons. The van der Waals surface area contributed by atoms with E-state index in [-0.39, 0.29) is 6.04 Å². The molecule has 0 aromatic heterocycles. The van der Waals surface area contributed by atoms with Gasteiger partial charge in [-0.3, -0.25) is 11.3 Å².